The number of aliphatic hydroxyl groups excluding tert-OH is 1. The number of carbonyl (C=O) groups excluding carboxylic acids is 2. The smallest absolute Gasteiger partial charge is 0.345 e. The maximum absolute atomic E-state index is 11.9. The normalized spacial score (nSPS) is 14.7. The van der Waals surface area contributed by atoms with E-state index in [1.54, 1.807) is 0 Å². The third kappa shape index (κ3) is 9.59. The molecule has 0 saturated heterocycles. The van der Waals surface area contributed by atoms with E-state index >= 15 is 0 Å². The summed E-state index contributed by atoms with van der Waals surface area (Å²) >= 11 is 0. The summed E-state index contributed by atoms with van der Waals surface area (Å²) in [5.41, 5.74) is -0.144. The third-order valence-corrected chi connectivity index (χ3v) is 4.47. The van der Waals surface area contributed by atoms with Gasteiger partial charge in [-0.3, -0.25) is 4.79 Å². The fourth-order valence-corrected chi connectivity index (χ4v) is 2.89. The van der Waals surface area contributed by atoms with E-state index in [4.69, 9.17) is 0 Å². The van der Waals surface area contributed by atoms with Gasteiger partial charge in [0.2, 0.25) is 0 Å². The number of hydrogen-bond acceptors (Lipinski definition) is 4. The average Bonchev–Trinajstić information content (AvgIpc) is 2.96. The highest BCUT2D eigenvalue weighted by atomic mass is 16.5. The van der Waals surface area contributed by atoms with Crippen molar-refractivity contribution in [3.05, 3.63) is 35.6 Å². The lowest BCUT2D eigenvalue weighted by atomic mass is 10.0. The van der Waals surface area contributed by atoms with E-state index in [0.717, 1.165) is 38.5 Å². The molecule has 146 valence electrons. The predicted octanol–water partition coefficient (Wildman–Crippen LogP) is 5.74. The van der Waals surface area contributed by atoms with Gasteiger partial charge in [-0.15, -0.1) is 0 Å². The van der Waals surface area contributed by atoms with E-state index in [0.29, 0.717) is 6.42 Å². The Hall–Kier alpha value is -1.84. The van der Waals surface area contributed by atoms with Crippen molar-refractivity contribution in [2.45, 2.75) is 84.0 Å². The van der Waals surface area contributed by atoms with Crippen molar-refractivity contribution >= 4 is 11.8 Å². The van der Waals surface area contributed by atoms with Crippen LogP contribution in [-0.2, 0) is 14.3 Å². The van der Waals surface area contributed by atoms with Crippen LogP contribution in [0, 0.1) is 0 Å². The molecule has 0 aliphatic carbocycles. The molecule has 1 aliphatic heterocycles. The first-order chi connectivity index (χ1) is 12.7. The number of hydrogen-bond donors (Lipinski definition) is 1. The molecule has 0 bridgehead atoms. The Labute approximate surface area is 158 Å². The monoisotopic (exact) mass is 362 g/mol. The number of ether oxygens (including phenoxy) is 1. The van der Waals surface area contributed by atoms with Crippen molar-refractivity contribution in [1.29, 1.82) is 0 Å². The molecule has 0 saturated carbocycles. The van der Waals surface area contributed by atoms with Crippen molar-refractivity contribution in [3.8, 4) is 0 Å². The van der Waals surface area contributed by atoms with E-state index in [2.05, 4.69) is 36.0 Å². The van der Waals surface area contributed by atoms with E-state index < -0.39 is 5.97 Å². The average molecular weight is 363 g/mol. The van der Waals surface area contributed by atoms with Crippen LogP contribution in [0.5, 0.6) is 0 Å². The Morgan fingerprint density at radius 1 is 0.962 bits per heavy atom. The van der Waals surface area contributed by atoms with Crippen LogP contribution in [0.25, 0.3) is 0 Å². The molecule has 1 N–H and O–H groups in total. The number of ketones is 1. The molecule has 0 unspecified atom stereocenters. The fourth-order valence-electron chi connectivity index (χ4n) is 2.89. The van der Waals surface area contributed by atoms with E-state index in [9.17, 15) is 14.7 Å². The van der Waals surface area contributed by atoms with Crippen LogP contribution in [0.3, 0.4) is 0 Å². The zero-order valence-electron chi connectivity index (χ0n) is 16.2. The summed E-state index contributed by atoms with van der Waals surface area (Å²) in [4.78, 5) is 23.2. The van der Waals surface area contributed by atoms with Crippen LogP contribution in [0.4, 0.5) is 0 Å². The Morgan fingerprint density at radius 2 is 1.58 bits per heavy atom. The molecule has 26 heavy (non-hydrogen) atoms. The molecule has 0 radical (unpaired) electrons. The molecular weight excluding hydrogens is 328 g/mol. The maximum Gasteiger partial charge on any atom is 0.345 e. The third-order valence-electron chi connectivity index (χ3n) is 4.47. The minimum absolute atomic E-state index is 0.144. The number of allylic oxidation sites excluding steroid dienone is 4. The van der Waals surface area contributed by atoms with Crippen LogP contribution in [0.2, 0.25) is 0 Å². The van der Waals surface area contributed by atoms with Crippen molar-refractivity contribution in [1.82, 2.24) is 0 Å². The second-order valence-corrected chi connectivity index (χ2v) is 6.80. The van der Waals surface area contributed by atoms with Crippen LogP contribution in [0.1, 0.15) is 84.0 Å². The molecule has 0 aromatic rings. The van der Waals surface area contributed by atoms with Crippen LogP contribution in [-0.4, -0.2) is 23.5 Å². The summed E-state index contributed by atoms with van der Waals surface area (Å²) in [6.45, 7) is 2.06. The molecule has 1 rings (SSSR count). The highest BCUT2D eigenvalue weighted by Crippen LogP contribution is 2.17. The number of cyclic esters (lactones) is 1. The molecule has 0 aromatic heterocycles. The largest absolute Gasteiger partial charge is 0.508 e. The molecule has 1 aliphatic rings. The number of rotatable bonds is 15. The van der Waals surface area contributed by atoms with Gasteiger partial charge in [0.25, 0.3) is 0 Å². The highest BCUT2D eigenvalue weighted by molar-refractivity contribution is 6.18. The Bertz CT molecular complexity index is 514. The summed E-state index contributed by atoms with van der Waals surface area (Å²) in [6.07, 6.45) is 21.7. The predicted molar refractivity (Wildman–Crippen MR) is 105 cm³/mol. The minimum atomic E-state index is -0.685. The lowest BCUT2D eigenvalue weighted by Crippen LogP contribution is -2.10. The quantitative estimate of drug-likeness (QED) is 0.175. The zero-order chi connectivity index (χ0) is 19.0. The van der Waals surface area contributed by atoms with Gasteiger partial charge in [0, 0.05) is 6.42 Å². The summed E-state index contributed by atoms with van der Waals surface area (Å²) < 4.78 is 4.63. The van der Waals surface area contributed by atoms with Gasteiger partial charge in [0.1, 0.15) is 17.9 Å². The molecule has 4 nitrogen and oxygen atoms in total. The van der Waals surface area contributed by atoms with Crippen molar-refractivity contribution in [3.63, 3.8) is 0 Å². The van der Waals surface area contributed by atoms with Crippen molar-refractivity contribution < 1.29 is 19.4 Å². The molecule has 4 heteroatoms. The number of aliphatic hydroxyl groups is 1. The van der Waals surface area contributed by atoms with Gasteiger partial charge in [-0.1, -0.05) is 63.3 Å². The Balaban J connectivity index is 1.93. The molecule has 0 aromatic carbocycles. The second-order valence-electron chi connectivity index (χ2n) is 6.80. The molecule has 0 fully saturated rings. The highest BCUT2D eigenvalue weighted by Gasteiger charge is 2.29. The summed E-state index contributed by atoms with van der Waals surface area (Å²) in [5, 5.41) is 9.46. The number of Topliss-reactive ketones (excluding diaryl/α,β-unsaturated/α-hetero) is 1. The van der Waals surface area contributed by atoms with Crippen LogP contribution < -0.4 is 0 Å². The van der Waals surface area contributed by atoms with Crippen LogP contribution in [0.15, 0.2) is 35.6 Å². The molecule has 0 atom stereocenters. The first-order valence-corrected chi connectivity index (χ1v) is 10.1. The van der Waals surface area contributed by atoms with Crippen molar-refractivity contribution in [2.24, 2.45) is 0 Å². The SMILES string of the molecule is CCCCCC=CCC=CCCCCCCCC(=O)C1=C(O)COC1=O. The maximum atomic E-state index is 11.9. The first-order valence-electron chi connectivity index (χ1n) is 10.1. The standard InChI is InChI=1S/C22H34O4/c1-2-3-4-5-6-7-8-9-10-11-12-13-14-15-16-17-19(23)21-20(24)18-26-22(21)25/h6-7,9-10,24H,2-5,8,11-18H2,1H3. The molecular formula is C22H34O4. The summed E-state index contributed by atoms with van der Waals surface area (Å²) in [5.74, 6) is -1.20. The van der Waals surface area contributed by atoms with Gasteiger partial charge in [-0.2, -0.15) is 0 Å². The number of esters is 1. The summed E-state index contributed by atoms with van der Waals surface area (Å²) in [7, 11) is 0. The topological polar surface area (TPSA) is 63.6 Å². The van der Waals surface area contributed by atoms with Crippen molar-refractivity contribution in [2.75, 3.05) is 6.61 Å². The Kier molecular flexibility index (Phi) is 12.2. The molecule has 0 amide bonds. The summed E-state index contributed by atoms with van der Waals surface area (Å²) in [6, 6.07) is 0. The van der Waals surface area contributed by atoms with E-state index in [1.807, 2.05) is 0 Å². The molecule has 1 heterocycles. The van der Waals surface area contributed by atoms with Gasteiger partial charge >= 0.3 is 5.97 Å². The lowest BCUT2D eigenvalue weighted by molar-refractivity contribution is -0.137. The van der Waals surface area contributed by atoms with E-state index in [1.165, 1.54) is 32.1 Å². The van der Waals surface area contributed by atoms with Crippen LogP contribution >= 0.6 is 0 Å². The zero-order valence-corrected chi connectivity index (χ0v) is 16.2. The van der Waals surface area contributed by atoms with E-state index in [-0.39, 0.29) is 23.7 Å². The second kappa shape index (κ2) is 14.3. The number of unbranched alkanes of at least 4 members (excludes halogenated alkanes) is 8. The number of carbonyl (C=O) groups is 2. The van der Waals surface area contributed by atoms with Gasteiger partial charge < -0.3 is 9.84 Å². The van der Waals surface area contributed by atoms with Gasteiger partial charge in [-0.05, 0) is 38.5 Å². The van der Waals surface area contributed by atoms with Gasteiger partial charge in [0.05, 0.1) is 0 Å². The van der Waals surface area contributed by atoms with Gasteiger partial charge in [-0.25, -0.2) is 4.79 Å². The lowest BCUT2D eigenvalue weighted by Gasteiger charge is -2.01. The molecule has 0 spiro atoms. The van der Waals surface area contributed by atoms with Gasteiger partial charge in [0.15, 0.2) is 5.78 Å². The Morgan fingerprint density at radius 3 is 2.19 bits per heavy atom. The first kappa shape index (κ1) is 22.2. The minimum Gasteiger partial charge on any atom is -0.508 e. The fraction of sp³-hybridized carbons (Fsp3) is 0.636.